The summed E-state index contributed by atoms with van der Waals surface area (Å²) in [7, 11) is 0. The molecule has 0 fully saturated rings. The van der Waals surface area contributed by atoms with E-state index in [4.69, 9.17) is 20.4 Å². The zero-order valence-corrected chi connectivity index (χ0v) is 10.3. The Kier molecular flexibility index (Phi) is 7.38. The first-order chi connectivity index (χ1) is 8.62. The lowest BCUT2D eigenvalue weighted by atomic mass is 10.0. The first-order valence-corrected chi connectivity index (χ1v) is 5.15. The number of benzene rings is 2. The van der Waals surface area contributed by atoms with Gasteiger partial charge in [0.2, 0.25) is 12.2 Å². The second-order valence-corrected chi connectivity index (χ2v) is 3.45. The quantitative estimate of drug-likeness (QED) is 0.549. The van der Waals surface area contributed by atoms with Gasteiger partial charge < -0.3 is 0 Å². The fraction of sp³-hybridized carbons (Fsp3) is 0.143. The molecule has 0 spiro atoms. The van der Waals surface area contributed by atoms with E-state index in [1.807, 2.05) is 0 Å². The van der Waals surface area contributed by atoms with E-state index in [-0.39, 0.29) is 0 Å². The molecule has 2 aromatic carbocycles. The predicted molar refractivity (Wildman–Crippen MR) is 70.2 cm³/mol. The molecule has 92 valence electrons. The molecule has 0 aliphatic carbocycles. The molecule has 2 rings (SSSR count). The lowest BCUT2D eigenvalue weighted by Crippen LogP contribution is -1.80. The number of carbonyl (C=O) groups excluding carboxylic acids is 2. The smallest absolute Gasteiger partial charge is 0.222 e. The van der Waals surface area contributed by atoms with Gasteiger partial charge in [0, 0.05) is 0 Å². The second-order valence-electron chi connectivity index (χ2n) is 3.45. The van der Waals surface area contributed by atoms with Gasteiger partial charge in [-0.05, 0) is 35.7 Å². The van der Waals surface area contributed by atoms with Crippen molar-refractivity contribution in [3.05, 3.63) is 47.5 Å². The normalized spacial score (nSPS) is 7.89. The van der Waals surface area contributed by atoms with E-state index < -0.39 is 0 Å². The molecule has 0 bridgehead atoms. The van der Waals surface area contributed by atoms with E-state index in [9.17, 15) is 0 Å². The summed E-state index contributed by atoms with van der Waals surface area (Å²) in [5.74, 6) is 0. The van der Waals surface area contributed by atoms with Crippen LogP contribution in [0.3, 0.4) is 0 Å². The van der Waals surface area contributed by atoms with Crippen molar-refractivity contribution < 1.29 is 9.59 Å². The third kappa shape index (κ3) is 4.54. The summed E-state index contributed by atoms with van der Waals surface area (Å²) in [6.45, 7) is 4.31. The average Bonchev–Trinajstić information content (AvgIpc) is 2.36. The van der Waals surface area contributed by atoms with E-state index in [0.29, 0.717) is 0 Å². The van der Waals surface area contributed by atoms with Crippen LogP contribution in [0.2, 0.25) is 0 Å². The van der Waals surface area contributed by atoms with E-state index in [1.54, 1.807) is 0 Å². The summed E-state index contributed by atoms with van der Waals surface area (Å²) in [6.07, 6.45) is 1.50. The van der Waals surface area contributed by atoms with Crippen LogP contribution < -0.4 is 0 Å². The molecule has 4 heteroatoms. The van der Waals surface area contributed by atoms with E-state index in [1.165, 1.54) is 21.9 Å². The van der Waals surface area contributed by atoms with Gasteiger partial charge in [-0.3, -0.25) is 0 Å². The molecule has 0 heterocycles. The first kappa shape index (κ1) is 15.5. The number of rotatable bonds is 0. The highest BCUT2D eigenvalue weighted by Crippen LogP contribution is 2.20. The van der Waals surface area contributed by atoms with Crippen molar-refractivity contribution in [1.82, 2.24) is 0 Å². The lowest BCUT2D eigenvalue weighted by Gasteiger charge is -2.03. The highest BCUT2D eigenvalue weighted by molar-refractivity contribution is 5.88. The van der Waals surface area contributed by atoms with Gasteiger partial charge in [-0.25, -0.2) is 20.4 Å². The van der Waals surface area contributed by atoms with Gasteiger partial charge in [0.15, 0.2) is 0 Å². The standard InChI is InChI=1S/C12H12.2CHNO/c1-9-7-8-10(2)12-6-4-3-5-11(9)12;2*2-1-3/h3-8H,1-2H3;2*2H. The van der Waals surface area contributed by atoms with Gasteiger partial charge in [-0.2, -0.15) is 0 Å². The summed E-state index contributed by atoms with van der Waals surface area (Å²) in [6, 6.07) is 12.9. The zero-order valence-electron chi connectivity index (χ0n) is 10.3. The molecule has 0 aromatic heterocycles. The van der Waals surface area contributed by atoms with E-state index in [0.717, 1.165) is 12.2 Å². The fourth-order valence-electron chi connectivity index (χ4n) is 1.60. The van der Waals surface area contributed by atoms with Crippen LogP contribution >= 0.6 is 0 Å². The summed E-state index contributed by atoms with van der Waals surface area (Å²) in [5.41, 5.74) is 2.72. The molecule has 2 aromatic rings. The third-order valence-electron chi connectivity index (χ3n) is 2.36. The SMILES string of the molecule is Cc1ccc(C)c2ccccc12.N=C=O.N=C=O. The van der Waals surface area contributed by atoms with Crippen LogP contribution in [0.4, 0.5) is 0 Å². The highest BCUT2D eigenvalue weighted by Gasteiger charge is 1.97. The van der Waals surface area contributed by atoms with Gasteiger partial charge in [0.25, 0.3) is 0 Å². The summed E-state index contributed by atoms with van der Waals surface area (Å²) in [4.78, 5) is 16.7. The molecule has 0 aliphatic rings. The van der Waals surface area contributed by atoms with Gasteiger partial charge in [-0.15, -0.1) is 0 Å². The highest BCUT2D eigenvalue weighted by atomic mass is 16.1. The van der Waals surface area contributed by atoms with Gasteiger partial charge in [-0.1, -0.05) is 36.4 Å². The van der Waals surface area contributed by atoms with Crippen LogP contribution in [-0.4, -0.2) is 12.2 Å². The predicted octanol–water partition coefficient (Wildman–Crippen LogP) is 3.26. The molecule has 0 saturated heterocycles. The summed E-state index contributed by atoms with van der Waals surface area (Å²) >= 11 is 0. The molecular formula is C14H14N2O2. The molecule has 0 radical (unpaired) electrons. The van der Waals surface area contributed by atoms with Gasteiger partial charge in [0.1, 0.15) is 0 Å². The largest absolute Gasteiger partial charge is 0.231 e. The molecule has 4 nitrogen and oxygen atoms in total. The second kappa shape index (κ2) is 8.59. The maximum Gasteiger partial charge on any atom is 0.231 e. The fourth-order valence-corrected chi connectivity index (χ4v) is 1.60. The number of isocyanates is 2. The maximum absolute atomic E-state index is 8.35. The number of hydrogen-bond acceptors (Lipinski definition) is 4. The minimum absolute atomic E-state index is 0.750. The van der Waals surface area contributed by atoms with Crippen molar-refractivity contribution in [2.75, 3.05) is 0 Å². The van der Waals surface area contributed by atoms with Crippen LogP contribution in [0, 0.1) is 24.7 Å². The Morgan fingerprint density at radius 1 is 0.778 bits per heavy atom. The van der Waals surface area contributed by atoms with Crippen molar-refractivity contribution in [3.8, 4) is 0 Å². The zero-order chi connectivity index (χ0) is 14.0. The first-order valence-electron chi connectivity index (χ1n) is 5.15. The Morgan fingerprint density at radius 3 is 1.33 bits per heavy atom. The van der Waals surface area contributed by atoms with Gasteiger partial charge in [0.05, 0.1) is 0 Å². The molecule has 0 atom stereocenters. The van der Waals surface area contributed by atoms with Crippen LogP contribution in [0.25, 0.3) is 10.8 Å². The van der Waals surface area contributed by atoms with Crippen molar-refractivity contribution in [3.63, 3.8) is 0 Å². The minimum atomic E-state index is 0.750. The monoisotopic (exact) mass is 242 g/mol. The summed E-state index contributed by atoms with van der Waals surface area (Å²) < 4.78 is 0. The van der Waals surface area contributed by atoms with Crippen molar-refractivity contribution in [1.29, 1.82) is 10.8 Å². The van der Waals surface area contributed by atoms with Crippen molar-refractivity contribution in [2.24, 2.45) is 0 Å². The van der Waals surface area contributed by atoms with Gasteiger partial charge >= 0.3 is 0 Å². The topological polar surface area (TPSA) is 81.8 Å². The number of fused-ring (bicyclic) bond motifs is 1. The maximum atomic E-state index is 8.35. The number of nitrogens with one attached hydrogen (secondary N) is 2. The Bertz CT molecular complexity index is 527. The molecule has 0 amide bonds. The number of hydrogen-bond donors (Lipinski definition) is 2. The van der Waals surface area contributed by atoms with Crippen LogP contribution in [0.5, 0.6) is 0 Å². The minimum Gasteiger partial charge on any atom is -0.222 e. The van der Waals surface area contributed by atoms with Crippen LogP contribution in [-0.2, 0) is 9.59 Å². The van der Waals surface area contributed by atoms with E-state index in [2.05, 4.69) is 50.2 Å². The molecule has 0 unspecified atom stereocenters. The lowest BCUT2D eigenvalue weighted by molar-refractivity contribution is 0.562. The Morgan fingerprint density at radius 2 is 1.06 bits per heavy atom. The molecule has 0 saturated carbocycles. The van der Waals surface area contributed by atoms with Crippen molar-refractivity contribution >= 4 is 22.9 Å². The van der Waals surface area contributed by atoms with Crippen LogP contribution in [0.15, 0.2) is 36.4 Å². The molecular weight excluding hydrogens is 228 g/mol. The number of aryl methyl sites for hydroxylation is 2. The Balaban J connectivity index is 0.000000414. The van der Waals surface area contributed by atoms with Crippen molar-refractivity contribution in [2.45, 2.75) is 13.8 Å². The summed E-state index contributed by atoms with van der Waals surface area (Å²) in [5, 5.41) is 13.6. The molecule has 0 aliphatic heterocycles. The molecule has 2 N–H and O–H groups in total. The van der Waals surface area contributed by atoms with E-state index >= 15 is 0 Å². The Labute approximate surface area is 105 Å². The Hall–Kier alpha value is -2.54. The van der Waals surface area contributed by atoms with Crippen LogP contribution in [0.1, 0.15) is 11.1 Å². The average molecular weight is 242 g/mol. The molecule has 18 heavy (non-hydrogen) atoms. The third-order valence-corrected chi connectivity index (χ3v) is 2.36.